The van der Waals surface area contributed by atoms with Gasteiger partial charge in [0.2, 0.25) is 0 Å². The van der Waals surface area contributed by atoms with E-state index in [1.165, 1.54) is 0 Å². The smallest absolute Gasteiger partial charge is 0.340 e. The quantitative estimate of drug-likeness (QED) is 0.895. The summed E-state index contributed by atoms with van der Waals surface area (Å²) in [6.45, 7) is 5.93. The fourth-order valence-corrected chi connectivity index (χ4v) is 2.49. The molecule has 0 unspecified atom stereocenters. The van der Waals surface area contributed by atoms with Gasteiger partial charge in [-0.3, -0.25) is 0 Å². The van der Waals surface area contributed by atoms with Crippen LogP contribution in [-0.4, -0.2) is 23.3 Å². The Morgan fingerprint density at radius 1 is 1.20 bits per heavy atom. The molecule has 4 heteroatoms. The number of carboxylic acid groups (broad SMARTS) is 1. The Morgan fingerprint density at radius 3 is 2.35 bits per heavy atom. The maximum atomic E-state index is 11.4. The lowest BCUT2D eigenvalue weighted by molar-refractivity contribution is 0.0696. The molecule has 0 fully saturated rings. The Bertz CT molecular complexity index is 687. The summed E-state index contributed by atoms with van der Waals surface area (Å²) in [5.74, 6) is -0.562. The van der Waals surface area contributed by atoms with Crippen LogP contribution < -0.4 is 4.74 Å². The maximum absolute atomic E-state index is 11.4. The lowest BCUT2D eigenvalue weighted by Crippen LogP contribution is -2.02. The minimum atomic E-state index is -1.14. The Kier molecular flexibility index (Phi) is 3.57. The van der Waals surface area contributed by atoms with Crippen LogP contribution in [0.1, 0.15) is 41.3 Å². The van der Waals surface area contributed by atoms with Gasteiger partial charge < -0.3 is 14.9 Å². The van der Waals surface area contributed by atoms with Crippen LogP contribution in [0.15, 0.2) is 18.2 Å². The van der Waals surface area contributed by atoms with E-state index in [-0.39, 0.29) is 17.2 Å². The van der Waals surface area contributed by atoms with Gasteiger partial charge in [0.05, 0.1) is 7.11 Å². The molecule has 0 radical (unpaired) electrons. The number of fused-ring (bicyclic) bond motifs is 1. The summed E-state index contributed by atoms with van der Waals surface area (Å²) in [6.07, 6.45) is 0. The fourth-order valence-electron chi connectivity index (χ4n) is 2.49. The van der Waals surface area contributed by atoms with Crippen molar-refractivity contribution >= 4 is 16.7 Å². The number of methoxy groups -OCH3 is 1. The number of aromatic carboxylic acids is 1. The molecule has 2 N–H and O–H groups in total. The van der Waals surface area contributed by atoms with Crippen molar-refractivity contribution in [1.29, 1.82) is 0 Å². The highest BCUT2D eigenvalue weighted by Gasteiger charge is 2.20. The fraction of sp³-hybridized carbons (Fsp3) is 0.312. The predicted octanol–water partition coefficient (Wildman–Crippen LogP) is 3.68. The van der Waals surface area contributed by atoms with Gasteiger partial charge in [0, 0.05) is 5.39 Å². The van der Waals surface area contributed by atoms with Gasteiger partial charge in [0.1, 0.15) is 17.1 Å². The second-order valence-corrected chi connectivity index (χ2v) is 5.19. The molecule has 0 atom stereocenters. The average Bonchev–Trinajstić information content (AvgIpc) is 2.36. The number of aromatic hydroxyl groups is 1. The number of hydrogen-bond donors (Lipinski definition) is 2. The third-order valence-corrected chi connectivity index (χ3v) is 3.50. The second kappa shape index (κ2) is 5.04. The highest BCUT2D eigenvalue weighted by molar-refractivity contribution is 6.08. The van der Waals surface area contributed by atoms with Crippen molar-refractivity contribution in [3.8, 4) is 11.5 Å². The standard InChI is InChI=1S/C16H18O4/c1-8(2)10-6-13(17)15(16(18)19)12-7-14(20-4)9(3)5-11(10)12/h5-8,17H,1-4H3,(H,18,19). The monoisotopic (exact) mass is 274 g/mol. The summed E-state index contributed by atoms with van der Waals surface area (Å²) in [4.78, 5) is 11.4. The summed E-state index contributed by atoms with van der Waals surface area (Å²) in [5.41, 5.74) is 1.78. The summed E-state index contributed by atoms with van der Waals surface area (Å²) >= 11 is 0. The van der Waals surface area contributed by atoms with Crippen LogP contribution >= 0.6 is 0 Å². The molecule has 20 heavy (non-hydrogen) atoms. The molecule has 0 saturated heterocycles. The van der Waals surface area contributed by atoms with E-state index in [2.05, 4.69) is 0 Å². The topological polar surface area (TPSA) is 66.8 Å². The number of benzene rings is 2. The summed E-state index contributed by atoms with van der Waals surface area (Å²) < 4.78 is 5.25. The normalized spacial score (nSPS) is 11.1. The van der Waals surface area contributed by atoms with Crippen molar-refractivity contribution in [2.45, 2.75) is 26.7 Å². The number of rotatable bonds is 3. The highest BCUT2D eigenvalue weighted by Crippen LogP contribution is 2.37. The van der Waals surface area contributed by atoms with Gasteiger partial charge in [-0.1, -0.05) is 13.8 Å². The van der Waals surface area contributed by atoms with E-state index < -0.39 is 5.97 Å². The van der Waals surface area contributed by atoms with Gasteiger partial charge in [-0.25, -0.2) is 4.79 Å². The van der Waals surface area contributed by atoms with Crippen LogP contribution in [0.5, 0.6) is 11.5 Å². The van der Waals surface area contributed by atoms with E-state index in [0.717, 1.165) is 16.5 Å². The first-order chi connectivity index (χ1) is 9.36. The van der Waals surface area contributed by atoms with Crippen LogP contribution in [0.2, 0.25) is 0 Å². The third-order valence-electron chi connectivity index (χ3n) is 3.50. The number of ether oxygens (including phenoxy) is 1. The molecule has 0 bridgehead atoms. The molecule has 2 rings (SSSR count). The van der Waals surface area contributed by atoms with E-state index in [0.29, 0.717) is 11.1 Å². The molecule has 2 aromatic carbocycles. The maximum Gasteiger partial charge on any atom is 0.340 e. The van der Waals surface area contributed by atoms with Crippen LogP contribution in [0.3, 0.4) is 0 Å². The van der Waals surface area contributed by atoms with Crippen molar-refractivity contribution in [3.05, 3.63) is 34.9 Å². The minimum absolute atomic E-state index is 0.0808. The summed E-state index contributed by atoms with van der Waals surface area (Å²) in [6, 6.07) is 5.14. The van der Waals surface area contributed by atoms with E-state index in [1.807, 2.05) is 26.8 Å². The molecule has 0 heterocycles. The first kappa shape index (κ1) is 14.2. The molecule has 106 valence electrons. The van der Waals surface area contributed by atoms with Gasteiger partial charge >= 0.3 is 5.97 Å². The number of aryl methyl sites for hydroxylation is 1. The first-order valence-corrected chi connectivity index (χ1v) is 6.44. The lowest BCUT2D eigenvalue weighted by Gasteiger charge is -2.16. The molecular formula is C16H18O4. The van der Waals surface area contributed by atoms with E-state index in [4.69, 9.17) is 4.74 Å². The van der Waals surface area contributed by atoms with Crippen LogP contribution in [0.25, 0.3) is 10.8 Å². The van der Waals surface area contributed by atoms with Gasteiger partial charge in [-0.2, -0.15) is 0 Å². The van der Waals surface area contributed by atoms with Crippen molar-refractivity contribution in [1.82, 2.24) is 0 Å². The number of phenols is 1. The second-order valence-electron chi connectivity index (χ2n) is 5.19. The van der Waals surface area contributed by atoms with Crippen LogP contribution in [0, 0.1) is 6.92 Å². The Balaban J connectivity index is 2.97. The van der Waals surface area contributed by atoms with Crippen molar-refractivity contribution in [2.75, 3.05) is 7.11 Å². The van der Waals surface area contributed by atoms with E-state index in [1.54, 1.807) is 19.2 Å². The molecule has 0 spiro atoms. The van der Waals surface area contributed by atoms with E-state index >= 15 is 0 Å². The average molecular weight is 274 g/mol. The number of hydrogen-bond acceptors (Lipinski definition) is 3. The molecule has 0 aliphatic carbocycles. The molecule has 0 aromatic heterocycles. The Hall–Kier alpha value is -2.23. The zero-order chi connectivity index (χ0) is 15.0. The van der Waals surface area contributed by atoms with Crippen molar-refractivity contribution in [3.63, 3.8) is 0 Å². The minimum Gasteiger partial charge on any atom is -0.507 e. The molecule has 0 amide bonds. The van der Waals surface area contributed by atoms with Gasteiger partial charge in [0.25, 0.3) is 0 Å². The van der Waals surface area contributed by atoms with Crippen molar-refractivity contribution in [2.24, 2.45) is 0 Å². The molecular weight excluding hydrogens is 256 g/mol. The van der Waals surface area contributed by atoms with Gasteiger partial charge in [-0.05, 0) is 47.6 Å². The van der Waals surface area contributed by atoms with Crippen molar-refractivity contribution < 1.29 is 19.7 Å². The zero-order valence-corrected chi connectivity index (χ0v) is 12.0. The lowest BCUT2D eigenvalue weighted by atomic mass is 9.91. The Labute approximate surface area is 117 Å². The zero-order valence-electron chi connectivity index (χ0n) is 12.0. The van der Waals surface area contributed by atoms with Crippen LogP contribution in [0.4, 0.5) is 0 Å². The summed E-state index contributed by atoms with van der Waals surface area (Å²) in [5, 5.41) is 20.7. The largest absolute Gasteiger partial charge is 0.507 e. The summed E-state index contributed by atoms with van der Waals surface area (Å²) in [7, 11) is 1.54. The number of carbonyl (C=O) groups is 1. The molecule has 2 aromatic rings. The molecule has 0 aliphatic heterocycles. The first-order valence-electron chi connectivity index (χ1n) is 6.44. The predicted molar refractivity (Wildman–Crippen MR) is 78.0 cm³/mol. The van der Waals surface area contributed by atoms with Gasteiger partial charge in [0.15, 0.2) is 0 Å². The highest BCUT2D eigenvalue weighted by atomic mass is 16.5. The molecule has 0 aliphatic rings. The van der Waals surface area contributed by atoms with Crippen LogP contribution in [-0.2, 0) is 0 Å². The molecule has 4 nitrogen and oxygen atoms in total. The number of carboxylic acids is 1. The Morgan fingerprint density at radius 2 is 1.85 bits per heavy atom. The SMILES string of the molecule is COc1cc2c(C(=O)O)c(O)cc(C(C)C)c2cc1C. The third kappa shape index (κ3) is 2.18. The van der Waals surface area contributed by atoms with E-state index in [9.17, 15) is 15.0 Å². The molecule has 0 saturated carbocycles. The van der Waals surface area contributed by atoms with Gasteiger partial charge in [-0.15, -0.1) is 0 Å².